The quantitative estimate of drug-likeness (QED) is 0.807. The van der Waals surface area contributed by atoms with Crippen molar-refractivity contribution in [1.29, 1.82) is 0 Å². The first-order chi connectivity index (χ1) is 14.0. The minimum atomic E-state index is -0.589. The average molecular weight is 395 g/mol. The Morgan fingerprint density at radius 3 is 2.28 bits per heavy atom. The topological polar surface area (TPSA) is 69.7 Å². The van der Waals surface area contributed by atoms with Crippen molar-refractivity contribution in [3.63, 3.8) is 0 Å². The molecule has 29 heavy (non-hydrogen) atoms. The molecule has 2 saturated heterocycles. The van der Waals surface area contributed by atoms with Gasteiger partial charge in [-0.1, -0.05) is 18.2 Å². The number of hydrogen-bond acceptors (Lipinski definition) is 4. The molecule has 2 aromatic rings. The number of imide groups is 1. The standard InChI is InChI=1S/C22H22FN3O3/c23-16-6-8-18(9-7-16)26-20(27)14-19(22(26)29)24-17-10-12-25(13-11-17)21(28)15-4-2-1-3-5-15/h1-9,17,19,24H,10-14H2. The second-order valence-corrected chi connectivity index (χ2v) is 7.40. The lowest BCUT2D eigenvalue weighted by molar-refractivity contribution is -0.121. The van der Waals surface area contributed by atoms with E-state index >= 15 is 0 Å². The highest BCUT2D eigenvalue weighted by Crippen LogP contribution is 2.24. The zero-order valence-corrected chi connectivity index (χ0v) is 15.9. The second-order valence-electron chi connectivity index (χ2n) is 7.40. The largest absolute Gasteiger partial charge is 0.339 e. The van der Waals surface area contributed by atoms with Gasteiger partial charge in [0, 0.05) is 24.7 Å². The third kappa shape index (κ3) is 4.05. The van der Waals surface area contributed by atoms with Gasteiger partial charge < -0.3 is 10.2 Å². The average Bonchev–Trinajstić information content (AvgIpc) is 3.02. The summed E-state index contributed by atoms with van der Waals surface area (Å²) in [6.07, 6.45) is 1.51. The van der Waals surface area contributed by atoms with Crippen molar-refractivity contribution in [2.24, 2.45) is 0 Å². The maximum Gasteiger partial charge on any atom is 0.253 e. The van der Waals surface area contributed by atoms with Crippen molar-refractivity contribution in [2.45, 2.75) is 31.3 Å². The molecule has 0 bridgehead atoms. The van der Waals surface area contributed by atoms with E-state index in [2.05, 4.69) is 5.32 Å². The van der Waals surface area contributed by atoms with Crippen LogP contribution in [0.5, 0.6) is 0 Å². The molecule has 7 heteroatoms. The minimum absolute atomic E-state index is 0.0126. The fourth-order valence-corrected chi connectivity index (χ4v) is 3.92. The lowest BCUT2D eigenvalue weighted by atomic mass is 10.0. The molecule has 1 N–H and O–H groups in total. The number of hydrogen-bond donors (Lipinski definition) is 1. The molecule has 2 aliphatic rings. The van der Waals surface area contributed by atoms with Gasteiger partial charge in [0.2, 0.25) is 5.91 Å². The lowest BCUT2D eigenvalue weighted by Crippen LogP contribution is -2.49. The summed E-state index contributed by atoms with van der Waals surface area (Å²) < 4.78 is 13.1. The van der Waals surface area contributed by atoms with Gasteiger partial charge >= 0.3 is 0 Å². The van der Waals surface area contributed by atoms with Gasteiger partial charge in [-0.2, -0.15) is 0 Å². The molecule has 0 aromatic heterocycles. The Morgan fingerprint density at radius 2 is 1.62 bits per heavy atom. The van der Waals surface area contributed by atoms with Gasteiger partial charge in [0.05, 0.1) is 18.2 Å². The molecule has 0 aliphatic carbocycles. The molecule has 4 rings (SSSR count). The predicted octanol–water partition coefficient (Wildman–Crippen LogP) is 2.35. The molecule has 1 unspecified atom stereocenters. The number of carbonyl (C=O) groups is 3. The van der Waals surface area contributed by atoms with E-state index in [0.717, 1.165) is 4.90 Å². The van der Waals surface area contributed by atoms with Gasteiger partial charge in [0.15, 0.2) is 0 Å². The number of amides is 3. The third-order valence-electron chi connectivity index (χ3n) is 5.47. The molecule has 0 spiro atoms. The molecule has 2 heterocycles. The highest BCUT2D eigenvalue weighted by Gasteiger charge is 2.40. The molecule has 3 amide bonds. The molecule has 0 saturated carbocycles. The molecule has 1 atom stereocenters. The van der Waals surface area contributed by atoms with E-state index in [1.807, 2.05) is 23.1 Å². The minimum Gasteiger partial charge on any atom is -0.339 e. The highest BCUT2D eigenvalue weighted by molar-refractivity contribution is 6.22. The summed E-state index contributed by atoms with van der Waals surface area (Å²) >= 11 is 0. The Hall–Kier alpha value is -3.06. The van der Waals surface area contributed by atoms with Crippen LogP contribution in [0.1, 0.15) is 29.6 Å². The summed E-state index contributed by atoms with van der Waals surface area (Å²) in [5.41, 5.74) is 1.05. The number of nitrogens with one attached hydrogen (secondary N) is 1. The van der Waals surface area contributed by atoms with Crippen molar-refractivity contribution in [1.82, 2.24) is 10.2 Å². The number of halogens is 1. The molecule has 2 fully saturated rings. The Kier molecular flexibility index (Phi) is 5.40. The Morgan fingerprint density at radius 1 is 0.966 bits per heavy atom. The smallest absolute Gasteiger partial charge is 0.253 e. The van der Waals surface area contributed by atoms with Gasteiger partial charge in [-0.3, -0.25) is 14.4 Å². The summed E-state index contributed by atoms with van der Waals surface area (Å²) in [6, 6.07) is 14.0. The molecule has 2 aromatic carbocycles. The summed E-state index contributed by atoms with van der Waals surface area (Å²) in [6.45, 7) is 1.20. The van der Waals surface area contributed by atoms with Crippen molar-refractivity contribution >= 4 is 23.4 Å². The predicted molar refractivity (Wildman–Crippen MR) is 106 cm³/mol. The lowest BCUT2D eigenvalue weighted by Gasteiger charge is -2.33. The zero-order chi connectivity index (χ0) is 20.4. The second kappa shape index (κ2) is 8.13. The molecule has 6 nitrogen and oxygen atoms in total. The molecular weight excluding hydrogens is 373 g/mol. The van der Waals surface area contributed by atoms with Crippen molar-refractivity contribution < 1.29 is 18.8 Å². The van der Waals surface area contributed by atoms with Crippen LogP contribution in [0.25, 0.3) is 0 Å². The van der Waals surface area contributed by atoms with Crippen LogP contribution in [0.3, 0.4) is 0 Å². The first-order valence-corrected chi connectivity index (χ1v) is 9.75. The van der Waals surface area contributed by atoms with Gasteiger partial charge in [0.1, 0.15) is 5.82 Å². The molecule has 2 aliphatic heterocycles. The van der Waals surface area contributed by atoms with Crippen LogP contribution >= 0.6 is 0 Å². The number of anilines is 1. The van der Waals surface area contributed by atoms with Gasteiger partial charge in [-0.25, -0.2) is 9.29 Å². The fraction of sp³-hybridized carbons (Fsp3) is 0.318. The van der Waals surface area contributed by atoms with E-state index < -0.39 is 11.9 Å². The maximum absolute atomic E-state index is 13.1. The molecule has 150 valence electrons. The zero-order valence-electron chi connectivity index (χ0n) is 15.9. The van der Waals surface area contributed by atoms with E-state index in [4.69, 9.17) is 0 Å². The fourth-order valence-electron chi connectivity index (χ4n) is 3.92. The van der Waals surface area contributed by atoms with Crippen LogP contribution in [0.2, 0.25) is 0 Å². The van der Waals surface area contributed by atoms with Crippen LogP contribution in [-0.4, -0.2) is 47.8 Å². The molecule has 0 radical (unpaired) electrons. The monoisotopic (exact) mass is 395 g/mol. The van der Waals surface area contributed by atoms with Gasteiger partial charge in [-0.05, 0) is 49.2 Å². The summed E-state index contributed by atoms with van der Waals surface area (Å²) in [5, 5.41) is 3.28. The van der Waals surface area contributed by atoms with Crippen LogP contribution in [0.15, 0.2) is 54.6 Å². The first-order valence-electron chi connectivity index (χ1n) is 9.75. The summed E-state index contributed by atoms with van der Waals surface area (Å²) in [5.74, 6) is -1.02. The number of nitrogens with zero attached hydrogens (tertiary/aromatic N) is 2. The normalized spacial score (nSPS) is 20.4. The number of likely N-dealkylation sites (tertiary alicyclic amines) is 1. The van der Waals surface area contributed by atoms with Gasteiger partial charge in [-0.15, -0.1) is 0 Å². The highest BCUT2D eigenvalue weighted by atomic mass is 19.1. The van der Waals surface area contributed by atoms with Crippen LogP contribution < -0.4 is 10.2 Å². The number of benzene rings is 2. The first kappa shape index (κ1) is 19.3. The Balaban J connectivity index is 1.34. The third-order valence-corrected chi connectivity index (χ3v) is 5.47. The Labute approximate surface area is 168 Å². The summed E-state index contributed by atoms with van der Waals surface area (Å²) in [7, 11) is 0. The van der Waals surface area contributed by atoms with E-state index in [1.165, 1.54) is 24.3 Å². The van der Waals surface area contributed by atoms with Gasteiger partial charge in [0.25, 0.3) is 11.8 Å². The van der Waals surface area contributed by atoms with Crippen molar-refractivity contribution in [2.75, 3.05) is 18.0 Å². The Bertz CT molecular complexity index is 909. The summed E-state index contributed by atoms with van der Waals surface area (Å²) in [4.78, 5) is 40.5. The van der Waals surface area contributed by atoms with Crippen LogP contribution in [0, 0.1) is 5.82 Å². The van der Waals surface area contributed by atoms with E-state index in [1.54, 1.807) is 12.1 Å². The van der Waals surface area contributed by atoms with Crippen molar-refractivity contribution in [3.8, 4) is 0 Å². The SMILES string of the molecule is O=C(c1ccccc1)N1CCC(NC2CC(=O)N(c3ccc(F)cc3)C2=O)CC1. The van der Waals surface area contributed by atoms with Crippen molar-refractivity contribution in [3.05, 3.63) is 66.0 Å². The van der Waals surface area contributed by atoms with Crippen LogP contribution in [-0.2, 0) is 9.59 Å². The number of carbonyl (C=O) groups excluding carboxylic acids is 3. The number of piperidine rings is 1. The van der Waals surface area contributed by atoms with E-state index in [-0.39, 0.29) is 30.2 Å². The maximum atomic E-state index is 13.1. The van der Waals surface area contributed by atoms with E-state index in [0.29, 0.717) is 37.2 Å². The van der Waals surface area contributed by atoms with E-state index in [9.17, 15) is 18.8 Å². The van der Waals surface area contributed by atoms with Crippen LogP contribution in [0.4, 0.5) is 10.1 Å². The molecular formula is C22H22FN3O3. The number of rotatable bonds is 4.